The molecule has 112 valence electrons. The third kappa shape index (κ3) is 3.62. The quantitative estimate of drug-likeness (QED) is 0.923. The molecule has 1 N–H and O–H groups in total. The Morgan fingerprint density at radius 2 is 2.05 bits per heavy atom. The van der Waals surface area contributed by atoms with Crippen LogP contribution in [0.4, 0.5) is 19.0 Å². The minimum Gasteiger partial charge on any atom is -0.356 e. The van der Waals surface area contributed by atoms with E-state index in [-0.39, 0.29) is 5.82 Å². The molecule has 1 fully saturated rings. The zero-order chi connectivity index (χ0) is 14.6. The van der Waals surface area contributed by atoms with Crippen molar-refractivity contribution in [3.63, 3.8) is 0 Å². The van der Waals surface area contributed by atoms with Crippen LogP contribution in [0, 0.1) is 5.92 Å². The van der Waals surface area contributed by atoms with Crippen LogP contribution < -0.4 is 10.2 Å². The Balaban J connectivity index is 2.04. The summed E-state index contributed by atoms with van der Waals surface area (Å²) in [6.07, 6.45) is 0.0219. The molecule has 0 aromatic carbocycles. The standard InChI is InChI=1S/C14H20F3N3/c1-18-8-4-11-5-9-20(10-6-11)13-12(14(15,16)17)3-2-7-19-13/h2-3,7,11,18H,4-6,8-10H2,1H3. The van der Waals surface area contributed by atoms with Crippen LogP contribution in [-0.4, -0.2) is 31.7 Å². The van der Waals surface area contributed by atoms with Gasteiger partial charge < -0.3 is 10.2 Å². The van der Waals surface area contributed by atoms with E-state index in [1.807, 2.05) is 7.05 Å². The molecule has 1 saturated heterocycles. The molecular formula is C14H20F3N3. The van der Waals surface area contributed by atoms with Crippen molar-refractivity contribution < 1.29 is 13.2 Å². The Bertz CT molecular complexity index is 426. The summed E-state index contributed by atoms with van der Waals surface area (Å²) in [7, 11) is 1.92. The molecule has 1 aliphatic rings. The van der Waals surface area contributed by atoms with Crippen LogP contribution >= 0.6 is 0 Å². The predicted molar refractivity (Wildman–Crippen MR) is 72.7 cm³/mol. The molecule has 1 aromatic rings. The number of anilines is 1. The first-order chi connectivity index (χ1) is 9.52. The van der Waals surface area contributed by atoms with E-state index in [2.05, 4.69) is 10.3 Å². The minimum absolute atomic E-state index is 0.0760. The maximum absolute atomic E-state index is 13.0. The van der Waals surface area contributed by atoms with Gasteiger partial charge in [-0.15, -0.1) is 0 Å². The van der Waals surface area contributed by atoms with Crippen molar-refractivity contribution in [1.82, 2.24) is 10.3 Å². The molecule has 1 aliphatic heterocycles. The highest BCUT2D eigenvalue weighted by Crippen LogP contribution is 2.36. The summed E-state index contributed by atoms with van der Waals surface area (Å²) in [6.45, 7) is 2.25. The van der Waals surface area contributed by atoms with Crippen LogP contribution in [0.1, 0.15) is 24.8 Å². The molecule has 0 radical (unpaired) electrons. The van der Waals surface area contributed by atoms with Crippen LogP contribution in [0.5, 0.6) is 0 Å². The monoisotopic (exact) mass is 287 g/mol. The fourth-order valence-corrected chi connectivity index (χ4v) is 2.65. The maximum Gasteiger partial charge on any atom is 0.419 e. The normalized spacial score (nSPS) is 17.5. The van der Waals surface area contributed by atoms with Crippen molar-refractivity contribution in [1.29, 1.82) is 0 Å². The lowest BCUT2D eigenvalue weighted by Crippen LogP contribution is -2.36. The molecule has 2 rings (SSSR count). The van der Waals surface area contributed by atoms with Crippen molar-refractivity contribution in [2.45, 2.75) is 25.4 Å². The third-order valence-electron chi connectivity index (χ3n) is 3.81. The lowest BCUT2D eigenvalue weighted by Gasteiger charge is -2.34. The topological polar surface area (TPSA) is 28.2 Å². The van der Waals surface area contributed by atoms with E-state index in [9.17, 15) is 13.2 Å². The zero-order valence-electron chi connectivity index (χ0n) is 11.6. The van der Waals surface area contributed by atoms with Gasteiger partial charge in [0, 0.05) is 19.3 Å². The highest BCUT2D eigenvalue weighted by molar-refractivity contribution is 5.48. The van der Waals surface area contributed by atoms with E-state index in [0.29, 0.717) is 19.0 Å². The highest BCUT2D eigenvalue weighted by atomic mass is 19.4. The molecular weight excluding hydrogens is 267 g/mol. The fourth-order valence-electron chi connectivity index (χ4n) is 2.65. The van der Waals surface area contributed by atoms with Crippen molar-refractivity contribution in [2.24, 2.45) is 5.92 Å². The number of pyridine rings is 1. The Kier molecular flexibility index (Phi) is 4.86. The Morgan fingerprint density at radius 3 is 2.65 bits per heavy atom. The molecule has 0 atom stereocenters. The maximum atomic E-state index is 13.0. The number of hydrogen-bond donors (Lipinski definition) is 1. The number of aromatic nitrogens is 1. The van der Waals surface area contributed by atoms with Crippen molar-refractivity contribution in [3.05, 3.63) is 23.9 Å². The van der Waals surface area contributed by atoms with Crippen LogP contribution in [0.25, 0.3) is 0 Å². The molecule has 2 heterocycles. The van der Waals surface area contributed by atoms with Crippen molar-refractivity contribution in [3.8, 4) is 0 Å². The molecule has 1 aromatic heterocycles. The van der Waals surface area contributed by atoms with Crippen LogP contribution in [0.15, 0.2) is 18.3 Å². The second-order valence-electron chi connectivity index (χ2n) is 5.19. The number of nitrogens with zero attached hydrogens (tertiary/aromatic N) is 2. The Labute approximate surface area is 117 Å². The molecule has 0 bridgehead atoms. The summed E-state index contributed by atoms with van der Waals surface area (Å²) in [6, 6.07) is 2.45. The van der Waals surface area contributed by atoms with E-state index in [0.717, 1.165) is 31.9 Å². The Hall–Kier alpha value is -1.30. The minimum atomic E-state index is -4.34. The molecule has 0 unspecified atom stereocenters. The summed E-state index contributed by atoms with van der Waals surface area (Å²) >= 11 is 0. The first-order valence-corrected chi connectivity index (χ1v) is 6.94. The van der Waals surface area contributed by atoms with Gasteiger partial charge >= 0.3 is 6.18 Å². The third-order valence-corrected chi connectivity index (χ3v) is 3.81. The summed E-state index contributed by atoms with van der Waals surface area (Å²) in [5.41, 5.74) is -0.631. The zero-order valence-corrected chi connectivity index (χ0v) is 11.6. The lowest BCUT2D eigenvalue weighted by molar-refractivity contribution is -0.137. The van der Waals surface area contributed by atoms with E-state index in [4.69, 9.17) is 0 Å². The number of piperidine rings is 1. The summed E-state index contributed by atoms with van der Waals surface area (Å²) in [5.74, 6) is 0.670. The molecule has 0 amide bonds. The molecule has 3 nitrogen and oxygen atoms in total. The average molecular weight is 287 g/mol. The average Bonchev–Trinajstić information content (AvgIpc) is 2.45. The molecule has 6 heteroatoms. The molecule has 0 aliphatic carbocycles. The van der Waals surface area contributed by atoms with Gasteiger partial charge in [-0.25, -0.2) is 4.98 Å². The highest BCUT2D eigenvalue weighted by Gasteiger charge is 2.36. The SMILES string of the molecule is CNCCC1CCN(c2ncccc2C(F)(F)F)CC1. The van der Waals surface area contributed by atoms with E-state index >= 15 is 0 Å². The number of nitrogens with one attached hydrogen (secondary N) is 1. The van der Waals surface area contributed by atoms with Crippen LogP contribution in [0.3, 0.4) is 0 Å². The van der Waals surface area contributed by atoms with Crippen molar-refractivity contribution >= 4 is 5.82 Å². The first kappa shape index (κ1) is 15.1. The van der Waals surface area contributed by atoms with Crippen molar-refractivity contribution in [2.75, 3.05) is 31.6 Å². The second-order valence-corrected chi connectivity index (χ2v) is 5.19. The van der Waals surface area contributed by atoms with Gasteiger partial charge in [-0.3, -0.25) is 0 Å². The molecule has 0 spiro atoms. The van der Waals surface area contributed by atoms with Gasteiger partial charge in [-0.1, -0.05) is 0 Å². The van der Waals surface area contributed by atoms with Gasteiger partial charge in [-0.05, 0) is 50.9 Å². The smallest absolute Gasteiger partial charge is 0.356 e. The lowest BCUT2D eigenvalue weighted by atomic mass is 9.93. The first-order valence-electron chi connectivity index (χ1n) is 6.94. The Morgan fingerprint density at radius 1 is 1.35 bits per heavy atom. The number of rotatable bonds is 4. The molecule has 0 saturated carbocycles. The van der Waals surface area contributed by atoms with Gasteiger partial charge in [0.15, 0.2) is 0 Å². The van der Waals surface area contributed by atoms with E-state index in [1.54, 1.807) is 4.90 Å². The fraction of sp³-hybridized carbons (Fsp3) is 0.643. The number of halogens is 3. The second kappa shape index (κ2) is 6.43. The largest absolute Gasteiger partial charge is 0.419 e. The van der Waals surface area contributed by atoms with Crippen LogP contribution in [-0.2, 0) is 6.18 Å². The summed E-state index contributed by atoms with van der Waals surface area (Å²) < 4.78 is 38.9. The van der Waals surface area contributed by atoms with E-state index in [1.165, 1.54) is 12.3 Å². The number of hydrogen-bond acceptors (Lipinski definition) is 3. The summed E-state index contributed by atoms with van der Waals surface area (Å²) in [5, 5.41) is 3.11. The van der Waals surface area contributed by atoms with E-state index < -0.39 is 11.7 Å². The van der Waals surface area contributed by atoms with Gasteiger partial charge in [-0.2, -0.15) is 13.2 Å². The van der Waals surface area contributed by atoms with Gasteiger partial charge in [0.25, 0.3) is 0 Å². The van der Waals surface area contributed by atoms with Crippen LogP contribution in [0.2, 0.25) is 0 Å². The summed E-state index contributed by atoms with van der Waals surface area (Å²) in [4.78, 5) is 5.71. The predicted octanol–water partition coefficient (Wildman–Crippen LogP) is 2.93. The molecule has 20 heavy (non-hydrogen) atoms. The number of alkyl halides is 3. The van der Waals surface area contributed by atoms with Gasteiger partial charge in [0.05, 0.1) is 5.56 Å². The van der Waals surface area contributed by atoms with Gasteiger partial charge in [0.2, 0.25) is 0 Å². The van der Waals surface area contributed by atoms with Gasteiger partial charge in [0.1, 0.15) is 5.82 Å².